The number of nitrogens with zero attached hydrogens (tertiary/aromatic N) is 1. The van der Waals surface area contributed by atoms with Crippen molar-refractivity contribution in [1.82, 2.24) is 4.90 Å². The zero-order chi connectivity index (χ0) is 15.4. The lowest BCUT2D eigenvalue weighted by Gasteiger charge is -2.33. The molecule has 0 unspecified atom stereocenters. The van der Waals surface area contributed by atoms with Crippen LogP contribution < -0.4 is 0 Å². The van der Waals surface area contributed by atoms with Crippen molar-refractivity contribution in [2.24, 2.45) is 5.92 Å². The SMILES string of the molecule is CC1CCC(N(C)CCC(=O)c2ccc(Br)cc2Cl)CC1. The van der Waals surface area contributed by atoms with Crippen LogP contribution in [0.4, 0.5) is 0 Å². The second-order valence-electron chi connectivity index (χ2n) is 6.19. The molecule has 0 heterocycles. The lowest BCUT2D eigenvalue weighted by atomic mass is 9.86. The van der Waals surface area contributed by atoms with Gasteiger partial charge in [0.25, 0.3) is 0 Å². The summed E-state index contributed by atoms with van der Waals surface area (Å²) in [6, 6.07) is 6.08. The average Bonchev–Trinajstić information content (AvgIpc) is 2.45. The molecule has 116 valence electrons. The van der Waals surface area contributed by atoms with Crippen LogP contribution in [0, 0.1) is 5.92 Å². The summed E-state index contributed by atoms with van der Waals surface area (Å²) in [5, 5.41) is 0.531. The molecule has 1 aliphatic rings. The molecule has 0 amide bonds. The quantitative estimate of drug-likeness (QED) is 0.663. The van der Waals surface area contributed by atoms with Gasteiger partial charge in [-0.15, -0.1) is 0 Å². The van der Waals surface area contributed by atoms with Gasteiger partial charge in [0.05, 0.1) is 5.02 Å². The standard InChI is InChI=1S/C17H23BrClNO/c1-12-3-6-14(7-4-12)20(2)10-9-17(21)15-8-5-13(18)11-16(15)19/h5,8,11-12,14H,3-4,6-7,9-10H2,1-2H3. The molecule has 0 atom stereocenters. The normalized spacial score (nSPS) is 22.5. The Kier molecular flexibility index (Phi) is 6.27. The number of benzene rings is 1. The Morgan fingerprint density at radius 1 is 1.33 bits per heavy atom. The van der Waals surface area contributed by atoms with E-state index in [1.54, 1.807) is 12.1 Å². The molecule has 2 rings (SSSR count). The molecule has 4 heteroatoms. The highest BCUT2D eigenvalue weighted by molar-refractivity contribution is 9.10. The number of hydrogen-bond acceptors (Lipinski definition) is 2. The lowest BCUT2D eigenvalue weighted by Crippen LogP contribution is -2.36. The van der Waals surface area contributed by atoms with Crippen molar-refractivity contribution in [3.63, 3.8) is 0 Å². The molecule has 2 nitrogen and oxygen atoms in total. The Bertz CT molecular complexity index is 498. The van der Waals surface area contributed by atoms with Gasteiger partial charge in [0, 0.05) is 29.0 Å². The Morgan fingerprint density at radius 3 is 2.62 bits per heavy atom. The third-order valence-electron chi connectivity index (χ3n) is 4.53. The Morgan fingerprint density at radius 2 is 2.00 bits per heavy atom. The van der Waals surface area contributed by atoms with E-state index in [2.05, 4.69) is 34.8 Å². The fraction of sp³-hybridized carbons (Fsp3) is 0.588. The summed E-state index contributed by atoms with van der Waals surface area (Å²) in [6.45, 7) is 3.14. The first-order valence-electron chi connectivity index (χ1n) is 7.66. The molecule has 0 radical (unpaired) electrons. The third kappa shape index (κ3) is 4.80. The highest BCUT2D eigenvalue weighted by atomic mass is 79.9. The van der Waals surface area contributed by atoms with Crippen molar-refractivity contribution in [2.75, 3.05) is 13.6 Å². The molecule has 0 aliphatic heterocycles. The van der Waals surface area contributed by atoms with E-state index in [1.165, 1.54) is 25.7 Å². The van der Waals surface area contributed by atoms with Gasteiger partial charge in [-0.25, -0.2) is 0 Å². The van der Waals surface area contributed by atoms with Crippen LogP contribution in [0.2, 0.25) is 5.02 Å². The third-order valence-corrected chi connectivity index (χ3v) is 5.34. The van der Waals surface area contributed by atoms with Gasteiger partial charge in [-0.2, -0.15) is 0 Å². The van der Waals surface area contributed by atoms with Crippen molar-refractivity contribution < 1.29 is 4.79 Å². The maximum Gasteiger partial charge on any atom is 0.165 e. The number of hydrogen-bond donors (Lipinski definition) is 0. The van der Waals surface area contributed by atoms with E-state index in [-0.39, 0.29) is 5.78 Å². The van der Waals surface area contributed by atoms with E-state index in [1.807, 2.05) is 6.07 Å². The summed E-state index contributed by atoms with van der Waals surface area (Å²) in [4.78, 5) is 14.6. The van der Waals surface area contributed by atoms with Gasteiger partial charge in [0.15, 0.2) is 5.78 Å². The molecule has 1 aromatic rings. The van der Waals surface area contributed by atoms with Gasteiger partial charge in [0.2, 0.25) is 0 Å². The number of rotatable bonds is 5. The molecule has 21 heavy (non-hydrogen) atoms. The maximum absolute atomic E-state index is 12.3. The van der Waals surface area contributed by atoms with Gasteiger partial charge in [0.1, 0.15) is 0 Å². The highest BCUT2D eigenvalue weighted by Gasteiger charge is 2.22. The number of carbonyl (C=O) groups is 1. The zero-order valence-electron chi connectivity index (χ0n) is 12.7. The Balaban J connectivity index is 1.86. The Hall–Kier alpha value is -0.380. The van der Waals surface area contributed by atoms with Crippen LogP contribution in [-0.2, 0) is 0 Å². The minimum absolute atomic E-state index is 0.128. The molecule has 0 saturated heterocycles. The fourth-order valence-electron chi connectivity index (χ4n) is 2.99. The molecule has 1 aliphatic carbocycles. The summed E-state index contributed by atoms with van der Waals surface area (Å²) in [7, 11) is 2.14. The number of carbonyl (C=O) groups excluding carboxylic acids is 1. The van der Waals surface area contributed by atoms with Crippen molar-refractivity contribution in [1.29, 1.82) is 0 Å². The van der Waals surface area contributed by atoms with E-state index in [0.717, 1.165) is 16.9 Å². The monoisotopic (exact) mass is 371 g/mol. The van der Waals surface area contributed by atoms with Gasteiger partial charge in [-0.1, -0.05) is 34.5 Å². The zero-order valence-corrected chi connectivity index (χ0v) is 15.1. The van der Waals surface area contributed by atoms with E-state index < -0.39 is 0 Å². The average molecular weight is 373 g/mol. The lowest BCUT2D eigenvalue weighted by molar-refractivity contribution is 0.0947. The summed E-state index contributed by atoms with van der Waals surface area (Å²) < 4.78 is 0.900. The predicted octanol–water partition coefficient (Wildman–Crippen LogP) is 5.19. The number of halogens is 2. The molecule has 0 bridgehead atoms. The molecule has 1 aromatic carbocycles. The number of ketones is 1. The first-order chi connectivity index (χ1) is 9.97. The highest BCUT2D eigenvalue weighted by Crippen LogP contribution is 2.27. The van der Waals surface area contributed by atoms with Crippen LogP contribution >= 0.6 is 27.5 Å². The van der Waals surface area contributed by atoms with Gasteiger partial charge < -0.3 is 4.90 Å². The summed E-state index contributed by atoms with van der Waals surface area (Å²) in [5.41, 5.74) is 0.630. The van der Waals surface area contributed by atoms with E-state index in [4.69, 9.17) is 11.6 Å². The topological polar surface area (TPSA) is 20.3 Å². The molecule has 1 saturated carbocycles. The van der Waals surface area contributed by atoms with E-state index in [0.29, 0.717) is 23.0 Å². The minimum Gasteiger partial charge on any atom is -0.303 e. The predicted molar refractivity (Wildman–Crippen MR) is 92.1 cm³/mol. The van der Waals surface area contributed by atoms with Crippen molar-refractivity contribution in [3.8, 4) is 0 Å². The van der Waals surface area contributed by atoms with Crippen LogP contribution in [0.15, 0.2) is 22.7 Å². The molecular formula is C17H23BrClNO. The smallest absolute Gasteiger partial charge is 0.165 e. The molecule has 0 aromatic heterocycles. The van der Waals surface area contributed by atoms with Crippen LogP contribution in [-0.4, -0.2) is 30.3 Å². The van der Waals surface area contributed by atoms with Crippen LogP contribution in [0.5, 0.6) is 0 Å². The molecule has 1 fully saturated rings. The van der Waals surface area contributed by atoms with Gasteiger partial charge >= 0.3 is 0 Å². The summed E-state index contributed by atoms with van der Waals surface area (Å²) in [5.74, 6) is 0.987. The van der Waals surface area contributed by atoms with Crippen molar-refractivity contribution in [2.45, 2.75) is 45.1 Å². The van der Waals surface area contributed by atoms with Crippen LogP contribution in [0.1, 0.15) is 49.4 Å². The second-order valence-corrected chi connectivity index (χ2v) is 7.51. The van der Waals surface area contributed by atoms with Gasteiger partial charge in [-0.3, -0.25) is 4.79 Å². The summed E-state index contributed by atoms with van der Waals surface area (Å²) in [6.07, 6.45) is 5.66. The van der Waals surface area contributed by atoms with Crippen LogP contribution in [0.3, 0.4) is 0 Å². The molecular weight excluding hydrogens is 350 g/mol. The fourth-order valence-corrected chi connectivity index (χ4v) is 3.77. The van der Waals surface area contributed by atoms with E-state index >= 15 is 0 Å². The summed E-state index contributed by atoms with van der Waals surface area (Å²) >= 11 is 9.50. The van der Waals surface area contributed by atoms with Crippen molar-refractivity contribution >= 4 is 33.3 Å². The molecule has 0 spiro atoms. The Labute approximate surface area is 141 Å². The number of Topliss-reactive ketones (excluding diaryl/α,β-unsaturated/α-hetero) is 1. The molecule has 0 N–H and O–H groups in total. The van der Waals surface area contributed by atoms with Gasteiger partial charge in [-0.05, 0) is 56.8 Å². The van der Waals surface area contributed by atoms with E-state index in [9.17, 15) is 4.79 Å². The first-order valence-corrected chi connectivity index (χ1v) is 8.83. The minimum atomic E-state index is 0.128. The second kappa shape index (κ2) is 7.75. The first kappa shape index (κ1) is 17.0. The van der Waals surface area contributed by atoms with Crippen LogP contribution in [0.25, 0.3) is 0 Å². The largest absolute Gasteiger partial charge is 0.303 e. The maximum atomic E-state index is 12.3. The van der Waals surface area contributed by atoms with Crippen molar-refractivity contribution in [3.05, 3.63) is 33.3 Å².